The van der Waals surface area contributed by atoms with Gasteiger partial charge >= 0.3 is 6.18 Å². The van der Waals surface area contributed by atoms with Gasteiger partial charge in [-0.2, -0.15) is 13.2 Å². The molecule has 5 heteroatoms. The van der Waals surface area contributed by atoms with Crippen LogP contribution in [0.5, 0.6) is 0 Å². The summed E-state index contributed by atoms with van der Waals surface area (Å²) < 4.78 is 38.3. The quantitative estimate of drug-likeness (QED) is 0.700. The second-order valence-corrected chi connectivity index (χ2v) is 5.02. The minimum absolute atomic E-state index is 0.257. The number of anilines is 1. The summed E-state index contributed by atoms with van der Waals surface area (Å²) in [5.41, 5.74) is 0.155. The number of rotatable bonds is 1. The lowest BCUT2D eigenvalue weighted by molar-refractivity contribution is -0.138. The van der Waals surface area contributed by atoms with Gasteiger partial charge in [0.25, 0.3) is 0 Å². The van der Waals surface area contributed by atoms with E-state index in [9.17, 15) is 13.2 Å². The smallest absolute Gasteiger partial charge is 0.372 e. The van der Waals surface area contributed by atoms with Crippen LogP contribution in [0.4, 0.5) is 18.9 Å². The van der Waals surface area contributed by atoms with Gasteiger partial charge < -0.3 is 4.90 Å². The Morgan fingerprint density at radius 1 is 1.12 bits per heavy atom. The molecule has 1 aromatic rings. The first-order chi connectivity index (χ1) is 7.48. The van der Waals surface area contributed by atoms with Gasteiger partial charge in [0.1, 0.15) is 0 Å². The second kappa shape index (κ2) is 4.43. The first-order valence-electron chi connectivity index (χ1n) is 5.10. The van der Waals surface area contributed by atoms with Crippen molar-refractivity contribution in [2.75, 3.05) is 18.0 Å². The van der Waals surface area contributed by atoms with Crippen LogP contribution in [0.1, 0.15) is 18.4 Å². The Kier molecular flexibility index (Phi) is 3.32. The number of halogens is 4. The Balaban J connectivity index is 2.35. The maximum Gasteiger partial charge on any atom is 0.417 e. The maximum atomic E-state index is 12.7. The summed E-state index contributed by atoms with van der Waals surface area (Å²) >= 11 is 1.73. The predicted molar refractivity (Wildman–Crippen MR) is 65.6 cm³/mol. The molecule has 88 valence electrons. The highest BCUT2D eigenvalue weighted by molar-refractivity contribution is 14.1. The van der Waals surface area contributed by atoms with Crippen LogP contribution in [0.2, 0.25) is 0 Å². The molecule has 1 aliphatic rings. The molecule has 0 radical (unpaired) electrons. The largest absolute Gasteiger partial charge is 0.417 e. The van der Waals surface area contributed by atoms with E-state index < -0.39 is 11.7 Å². The van der Waals surface area contributed by atoms with Crippen LogP contribution in [0.25, 0.3) is 0 Å². The van der Waals surface area contributed by atoms with Crippen molar-refractivity contribution in [1.82, 2.24) is 0 Å². The molecule has 0 atom stereocenters. The van der Waals surface area contributed by atoms with Crippen LogP contribution in [0, 0.1) is 3.57 Å². The Bertz CT molecular complexity index is 383. The number of benzene rings is 1. The first kappa shape index (κ1) is 12.0. The zero-order valence-corrected chi connectivity index (χ0v) is 10.7. The van der Waals surface area contributed by atoms with Crippen molar-refractivity contribution in [1.29, 1.82) is 0 Å². The Labute approximate surface area is 106 Å². The highest BCUT2D eigenvalue weighted by atomic mass is 127. The number of hydrogen-bond donors (Lipinski definition) is 0. The standard InChI is InChI=1S/C11H11F3IN/c12-11(13,14)9-7-8(3-4-10(9)15)16-5-1-2-6-16/h3-4,7H,1-2,5-6H2. The van der Waals surface area contributed by atoms with E-state index in [4.69, 9.17) is 0 Å². The molecule has 1 saturated heterocycles. The van der Waals surface area contributed by atoms with E-state index in [0.717, 1.165) is 25.9 Å². The summed E-state index contributed by atoms with van der Waals surface area (Å²) in [5.74, 6) is 0. The Morgan fingerprint density at radius 3 is 2.31 bits per heavy atom. The molecular weight excluding hydrogens is 330 g/mol. The Morgan fingerprint density at radius 2 is 1.75 bits per heavy atom. The number of hydrogen-bond acceptors (Lipinski definition) is 1. The average molecular weight is 341 g/mol. The fourth-order valence-electron chi connectivity index (χ4n) is 1.90. The van der Waals surface area contributed by atoms with Crippen molar-refractivity contribution in [2.45, 2.75) is 19.0 Å². The average Bonchev–Trinajstić information content (AvgIpc) is 2.69. The van der Waals surface area contributed by atoms with Gasteiger partial charge in [0.2, 0.25) is 0 Å². The molecule has 0 aromatic heterocycles. The molecule has 0 aliphatic carbocycles. The molecule has 1 fully saturated rings. The van der Waals surface area contributed by atoms with Crippen LogP contribution >= 0.6 is 22.6 Å². The van der Waals surface area contributed by atoms with E-state index in [2.05, 4.69) is 0 Å². The van der Waals surface area contributed by atoms with Gasteiger partial charge in [-0.25, -0.2) is 0 Å². The molecular formula is C11H11F3IN. The monoisotopic (exact) mass is 341 g/mol. The topological polar surface area (TPSA) is 3.24 Å². The number of alkyl halides is 3. The molecule has 0 saturated carbocycles. The molecule has 1 nitrogen and oxygen atoms in total. The van der Waals surface area contributed by atoms with Crippen molar-refractivity contribution in [3.8, 4) is 0 Å². The third-order valence-electron chi connectivity index (χ3n) is 2.73. The molecule has 16 heavy (non-hydrogen) atoms. The third kappa shape index (κ3) is 2.44. The highest BCUT2D eigenvalue weighted by Gasteiger charge is 2.33. The van der Waals surface area contributed by atoms with Crippen molar-refractivity contribution in [3.05, 3.63) is 27.3 Å². The van der Waals surface area contributed by atoms with Crippen LogP contribution < -0.4 is 4.90 Å². The van der Waals surface area contributed by atoms with Gasteiger partial charge in [-0.05, 0) is 53.6 Å². The lowest BCUT2D eigenvalue weighted by Gasteiger charge is -2.19. The summed E-state index contributed by atoms with van der Waals surface area (Å²) in [4.78, 5) is 2.01. The zero-order chi connectivity index (χ0) is 11.8. The van der Waals surface area contributed by atoms with Crippen molar-refractivity contribution in [2.24, 2.45) is 0 Å². The van der Waals surface area contributed by atoms with E-state index in [-0.39, 0.29) is 3.57 Å². The van der Waals surface area contributed by atoms with E-state index >= 15 is 0 Å². The van der Waals surface area contributed by atoms with Crippen LogP contribution in [-0.4, -0.2) is 13.1 Å². The zero-order valence-electron chi connectivity index (χ0n) is 8.52. The summed E-state index contributed by atoms with van der Waals surface area (Å²) in [5, 5.41) is 0. The molecule has 1 heterocycles. The fourth-order valence-corrected chi connectivity index (χ4v) is 2.54. The lowest BCUT2D eigenvalue weighted by Crippen LogP contribution is -2.19. The lowest BCUT2D eigenvalue weighted by atomic mass is 10.2. The summed E-state index contributed by atoms with van der Waals surface area (Å²) in [6.45, 7) is 1.72. The van der Waals surface area contributed by atoms with Crippen LogP contribution in [0.3, 0.4) is 0 Å². The van der Waals surface area contributed by atoms with E-state index in [1.807, 2.05) is 4.90 Å². The molecule has 0 bridgehead atoms. The van der Waals surface area contributed by atoms with E-state index in [1.54, 1.807) is 28.7 Å². The molecule has 1 aliphatic heterocycles. The van der Waals surface area contributed by atoms with Crippen LogP contribution in [-0.2, 0) is 6.18 Å². The predicted octanol–water partition coefficient (Wildman–Crippen LogP) is 3.91. The first-order valence-corrected chi connectivity index (χ1v) is 6.18. The van der Waals surface area contributed by atoms with Gasteiger partial charge in [-0.3, -0.25) is 0 Å². The minimum Gasteiger partial charge on any atom is -0.372 e. The van der Waals surface area contributed by atoms with Gasteiger partial charge in [0.05, 0.1) is 5.56 Å². The summed E-state index contributed by atoms with van der Waals surface area (Å²) in [7, 11) is 0. The number of nitrogens with zero attached hydrogens (tertiary/aromatic N) is 1. The Hall–Kier alpha value is -0.460. The van der Waals surface area contributed by atoms with Crippen molar-refractivity contribution in [3.63, 3.8) is 0 Å². The molecule has 2 rings (SSSR count). The van der Waals surface area contributed by atoms with Crippen molar-refractivity contribution < 1.29 is 13.2 Å². The molecule has 0 spiro atoms. The van der Waals surface area contributed by atoms with Gasteiger partial charge in [0, 0.05) is 22.3 Å². The van der Waals surface area contributed by atoms with E-state index in [0.29, 0.717) is 5.69 Å². The third-order valence-corrected chi connectivity index (χ3v) is 3.67. The minimum atomic E-state index is -4.26. The second-order valence-electron chi connectivity index (χ2n) is 3.86. The van der Waals surface area contributed by atoms with Gasteiger partial charge in [-0.1, -0.05) is 0 Å². The van der Waals surface area contributed by atoms with Crippen molar-refractivity contribution >= 4 is 28.3 Å². The maximum absolute atomic E-state index is 12.7. The summed E-state index contributed by atoms with van der Waals surface area (Å²) in [6, 6.07) is 4.56. The molecule has 0 N–H and O–H groups in total. The molecule has 0 amide bonds. The summed E-state index contributed by atoms with van der Waals surface area (Å²) in [6.07, 6.45) is -2.13. The van der Waals surface area contributed by atoms with Gasteiger partial charge in [-0.15, -0.1) is 0 Å². The van der Waals surface area contributed by atoms with Crippen LogP contribution in [0.15, 0.2) is 18.2 Å². The normalized spacial score (nSPS) is 16.9. The van der Waals surface area contributed by atoms with E-state index in [1.165, 1.54) is 12.1 Å². The molecule has 1 aromatic carbocycles. The SMILES string of the molecule is FC(F)(F)c1cc(N2CCCC2)ccc1I. The van der Waals surface area contributed by atoms with Gasteiger partial charge in [0.15, 0.2) is 0 Å². The fraction of sp³-hybridized carbons (Fsp3) is 0.455. The molecule has 0 unspecified atom stereocenters. The highest BCUT2D eigenvalue weighted by Crippen LogP contribution is 2.35.